The van der Waals surface area contributed by atoms with Gasteiger partial charge in [0, 0.05) is 28.8 Å². The molecule has 1 heterocycles. The second-order valence-corrected chi connectivity index (χ2v) is 5.98. The van der Waals surface area contributed by atoms with Crippen molar-refractivity contribution >= 4 is 23.2 Å². The average molecular weight is 362 g/mol. The third-order valence-corrected chi connectivity index (χ3v) is 4.12. The van der Waals surface area contributed by atoms with Gasteiger partial charge in [-0.3, -0.25) is 0 Å². The molecule has 1 aliphatic rings. The van der Waals surface area contributed by atoms with Crippen LogP contribution in [0.3, 0.4) is 0 Å². The van der Waals surface area contributed by atoms with Gasteiger partial charge in [-0.05, 0) is 29.8 Å². The smallest absolute Gasteiger partial charge is 0.193 e. The average Bonchev–Trinajstić information content (AvgIpc) is 3.07. The van der Waals surface area contributed by atoms with Gasteiger partial charge in [0.2, 0.25) is 0 Å². The highest BCUT2D eigenvalue weighted by molar-refractivity contribution is 6.30. The highest BCUT2D eigenvalue weighted by Gasteiger charge is 2.17. The number of aliphatic imine (C=N–C) groups is 1. The first kappa shape index (κ1) is 17.2. The standard InChI is InChI=1S/C18H20ClN3O3/c1-23-15-4-3-14(9-16(15)24-2)22-18(20)21-10-12-8-13(19)7-11-5-6-25-17(11)12/h3-4,7-9H,5-6,10H2,1-2H3,(H3,20,21,22). The Morgan fingerprint density at radius 3 is 2.80 bits per heavy atom. The van der Waals surface area contributed by atoms with Crippen LogP contribution in [0, 0.1) is 0 Å². The van der Waals surface area contributed by atoms with Gasteiger partial charge in [-0.2, -0.15) is 0 Å². The highest BCUT2D eigenvalue weighted by atomic mass is 35.5. The molecule has 0 bridgehead atoms. The van der Waals surface area contributed by atoms with Gasteiger partial charge in [0.25, 0.3) is 0 Å². The van der Waals surface area contributed by atoms with Crippen molar-refractivity contribution in [3.8, 4) is 17.2 Å². The van der Waals surface area contributed by atoms with Crippen molar-refractivity contribution in [1.82, 2.24) is 0 Å². The van der Waals surface area contributed by atoms with E-state index in [9.17, 15) is 0 Å². The fourth-order valence-corrected chi connectivity index (χ4v) is 3.00. The first-order chi connectivity index (χ1) is 12.1. The molecule has 0 unspecified atom stereocenters. The molecule has 0 spiro atoms. The number of nitrogens with one attached hydrogen (secondary N) is 1. The lowest BCUT2D eigenvalue weighted by atomic mass is 10.1. The van der Waals surface area contributed by atoms with Crippen molar-refractivity contribution in [3.63, 3.8) is 0 Å². The number of halogens is 1. The maximum Gasteiger partial charge on any atom is 0.193 e. The summed E-state index contributed by atoms with van der Waals surface area (Å²) in [5.41, 5.74) is 8.79. The first-order valence-electron chi connectivity index (χ1n) is 7.83. The topological polar surface area (TPSA) is 78.1 Å². The Kier molecular flexibility index (Phi) is 5.19. The van der Waals surface area contributed by atoms with E-state index in [0.29, 0.717) is 35.6 Å². The molecule has 6 nitrogen and oxygen atoms in total. The molecule has 7 heteroatoms. The second-order valence-electron chi connectivity index (χ2n) is 5.55. The lowest BCUT2D eigenvalue weighted by Crippen LogP contribution is -2.22. The third-order valence-electron chi connectivity index (χ3n) is 3.90. The number of ether oxygens (including phenoxy) is 3. The summed E-state index contributed by atoms with van der Waals surface area (Å²) in [7, 11) is 3.17. The van der Waals surface area contributed by atoms with Crippen LogP contribution < -0.4 is 25.3 Å². The number of nitrogens with zero attached hydrogens (tertiary/aromatic N) is 1. The quantitative estimate of drug-likeness (QED) is 0.631. The lowest BCUT2D eigenvalue weighted by molar-refractivity contribution is 0.353. The molecule has 0 radical (unpaired) electrons. The van der Waals surface area contributed by atoms with E-state index in [4.69, 9.17) is 31.5 Å². The van der Waals surface area contributed by atoms with E-state index in [1.165, 1.54) is 0 Å². The number of guanidine groups is 1. The fourth-order valence-electron chi connectivity index (χ4n) is 2.74. The van der Waals surface area contributed by atoms with Gasteiger partial charge < -0.3 is 25.3 Å². The van der Waals surface area contributed by atoms with Gasteiger partial charge >= 0.3 is 0 Å². The number of nitrogens with two attached hydrogens (primary N) is 1. The molecular weight excluding hydrogens is 342 g/mol. The highest BCUT2D eigenvalue weighted by Crippen LogP contribution is 2.33. The molecule has 0 saturated carbocycles. The summed E-state index contributed by atoms with van der Waals surface area (Å²) in [6.07, 6.45) is 0.867. The number of fused-ring (bicyclic) bond motifs is 1. The van der Waals surface area contributed by atoms with Crippen LogP contribution >= 0.6 is 11.6 Å². The molecule has 2 aromatic rings. The van der Waals surface area contributed by atoms with Crippen molar-refractivity contribution in [2.24, 2.45) is 10.7 Å². The molecule has 3 N–H and O–H groups in total. The Balaban J connectivity index is 1.73. The molecular formula is C18H20ClN3O3. The maximum atomic E-state index is 6.16. The Morgan fingerprint density at radius 2 is 2.04 bits per heavy atom. The SMILES string of the molecule is COc1ccc(NC(N)=NCc2cc(Cl)cc3c2OCC3)cc1OC. The Labute approximate surface area is 151 Å². The van der Waals surface area contributed by atoms with E-state index in [1.807, 2.05) is 18.2 Å². The van der Waals surface area contributed by atoms with Gasteiger partial charge in [0.05, 0.1) is 27.4 Å². The van der Waals surface area contributed by atoms with Crippen molar-refractivity contribution < 1.29 is 14.2 Å². The minimum absolute atomic E-state index is 0.291. The largest absolute Gasteiger partial charge is 0.493 e. The zero-order chi connectivity index (χ0) is 17.8. The summed E-state index contributed by atoms with van der Waals surface area (Å²) in [6.45, 7) is 1.06. The molecule has 0 saturated heterocycles. The second kappa shape index (κ2) is 7.53. The van der Waals surface area contributed by atoms with E-state index in [0.717, 1.165) is 29.0 Å². The molecule has 1 aliphatic heterocycles. The molecule has 0 atom stereocenters. The van der Waals surface area contributed by atoms with Crippen LogP contribution in [-0.2, 0) is 13.0 Å². The summed E-state index contributed by atoms with van der Waals surface area (Å²) >= 11 is 6.16. The minimum atomic E-state index is 0.291. The summed E-state index contributed by atoms with van der Waals surface area (Å²) < 4.78 is 16.2. The number of hydrogen-bond donors (Lipinski definition) is 2. The number of hydrogen-bond acceptors (Lipinski definition) is 4. The molecule has 25 heavy (non-hydrogen) atoms. The summed E-state index contributed by atoms with van der Waals surface area (Å²) in [6, 6.07) is 9.22. The monoisotopic (exact) mass is 361 g/mol. The van der Waals surface area contributed by atoms with Crippen LogP contribution in [-0.4, -0.2) is 26.8 Å². The predicted molar refractivity (Wildman–Crippen MR) is 99.1 cm³/mol. The molecule has 132 valence electrons. The predicted octanol–water partition coefficient (Wildman–Crippen LogP) is 3.22. The first-order valence-corrected chi connectivity index (χ1v) is 8.21. The van der Waals surface area contributed by atoms with Crippen molar-refractivity contribution in [3.05, 3.63) is 46.5 Å². The van der Waals surface area contributed by atoms with Crippen molar-refractivity contribution in [2.45, 2.75) is 13.0 Å². The number of rotatable bonds is 5. The molecule has 0 aromatic heterocycles. The van der Waals surface area contributed by atoms with E-state index in [2.05, 4.69) is 10.3 Å². The molecule has 0 aliphatic carbocycles. The molecule has 3 rings (SSSR count). The normalized spacial score (nSPS) is 13.2. The summed E-state index contributed by atoms with van der Waals surface area (Å²) in [5, 5.41) is 3.72. The zero-order valence-corrected chi connectivity index (χ0v) is 14.9. The molecule has 0 fully saturated rings. The fraction of sp³-hybridized carbons (Fsp3) is 0.278. The van der Waals surface area contributed by atoms with Crippen LogP contribution in [0.25, 0.3) is 0 Å². The number of benzene rings is 2. The molecule has 2 aromatic carbocycles. The van der Waals surface area contributed by atoms with Crippen LogP contribution in [0.5, 0.6) is 17.2 Å². The van der Waals surface area contributed by atoms with E-state index >= 15 is 0 Å². The van der Waals surface area contributed by atoms with Crippen LogP contribution in [0.4, 0.5) is 5.69 Å². The van der Waals surface area contributed by atoms with E-state index in [-0.39, 0.29) is 0 Å². The number of anilines is 1. The number of methoxy groups -OCH3 is 2. The zero-order valence-electron chi connectivity index (χ0n) is 14.1. The van der Waals surface area contributed by atoms with Crippen molar-refractivity contribution in [2.75, 3.05) is 26.1 Å². The van der Waals surface area contributed by atoms with Gasteiger partial charge in [-0.1, -0.05) is 11.6 Å². The molecule has 0 amide bonds. The van der Waals surface area contributed by atoms with Crippen LogP contribution in [0.2, 0.25) is 5.02 Å². The van der Waals surface area contributed by atoms with Crippen molar-refractivity contribution in [1.29, 1.82) is 0 Å². The maximum absolute atomic E-state index is 6.16. The third kappa shape index (κ3) is 3.91. The van der Waals surface area contributed by atoms with Gasteiger partial charge in [0.15, 0.2) is 17.5 Å². The van der Waals surface area contributed by atoms with Gasteiger partial charge in [-0.25, -0.2) is 4.99 Å². The Morgan fingerprint density at radius 1 is 1.24 bits per heavy atom. The van der Waals surface area contributed by atoms with Crippen LogP contribution in [0.15, 0.2) is 35.3 Å². The van der Waals surface area contributed by atoms with Gasteiger partial charge in [-0.15, -0.1) is 0 Å². The van der Waals surface area contributed by atoms with Gasteiger partial charge in [0.1, 0.15) is 5.75 Å². The Hall–Kier alpha value is -2.60. The lowest BCUT2D eigenvalue weighted by Gasteiger charge is -2.11. The minimum Gasteiger partial charge on any atom is -0.493 e. The Bertz CT molecular complexity index is 808. The van der Waals surface area contributed by atoms with E-state index in [1.54, 1.807) is 26.4 Å². The van der Waals surface area contributed by atoms with E-state index < -0.39 is 0 Å². The summed E-state index contributed by atoms with van der Waals surface area (Å²) in [4.78, 5) is 4.38. The van der Waals surface area contributed by atoms with Crippen LogP contribution in [0.1, 0.15) is 11.1 Å². The summed E-state index contributed by atoms with van der Waals surface area (Å²) in [5.74, 6) is 2.42.